The van der Waals surface area contributed by atoms with Gasteiger partial charge in [-0.05, 0) is 25.5 Å². The van der Waals surface area contributed by atoms with E-state index in [0.717, 1.165) is 19.5 Å². The summed E-state index contributed by atoms with van der Waals surface area (Å²) in [5.41, 5.74) is 2.55. The van der Waals surface area contributed by atoms with Gasteiger partial charge in [0.05, 0.1) is 6.61 Å². The molecule has 1 rings (SSSR count). The Balaban J connectivity index is 2.07. The Morgan fingerprint density at radius 2 is 2.00 bits per heavy atom. The van der Waals surface area contributed by atoms with Crippen LogP contribution in [0.3, 0.4) is 0 Å². The SMILES string of the molecule is CC(=O)OCCCNCc1ccc(C)cc1. The maximum atomic E-state index is 10.5. The van der Waals surface area contributed by atoms with Gasteiger partial charge in [-0.1, -0.05) is 29.8 Å². The molecule has 1 aromatic carbocycles. The van der Waals surface area contributed by atoms with E-state index in [1.807, 2.05) is 0 Å². The Hall–Kier alpha value is -1.35. The second kappa shape index (κ2) is 7.01. The first-order valence-electron chi connectivity index (χ1n) is 5.58. The molecule has 16 heavy (non-hydrogen) atoms. The highest BCUT2D eigenvalue weighted by atomic mass is 16.5. The first-order chi connectivity index (χ1) is 7.68. The van der Waals surface area contributed by atoms with E-state index in [1.54, 1.807) is 0 Å². The van der Waals surface area contributed by atoms with Crippen molar-refractivity contribution in [3.8, 4) is 0 Å². The molecule has 3 nitrogen and oxygen atoms in total. The average molecular weight is 221 g/mol. The van der Waals surface area contributed by atoms with Crippen molar-refractivity contribution in [2.75, 3.05) is 13.2 Å². The van der Waals surface area contributed by atoms with Crippen molar-refractivity contribution in [2.24, 2.45) is 0 Å². The van der Waals surface area contributed by atoms with E-state index in [4.69, 9.17) is 4.74 Å². The Labute approximate surface area is 96.8 Å². The van der Waals surface area contributed by atoms with E-state index in [9.17, 15) is 4.79 Å². The summed E-state index contributed by atoms with van der Waals surface area (Å²) in [6, 6.07) is 8.45. The van der Waals surface area contributed by atoms with Gasteiger partial charge >= 0.3 is 5.97 Å². The summed E-state index contributed by atoms with van der Waals surface area (Å²) in [6.07, 6.45) is 0.853. The number of benzene rings is 1. The fraction of sp³-hybridized carbons (Fsp3) is 0.462. The number of rotatable bonds is 6. The minimum atomic E-state index is -0.210. The van der Waals surface area contributed by atoms with Crippen LogP contribution in [-0.2, 0) is 16.1 Å². The smallest absolute Gasteiger partial charge is 0.302 e. The minimum Gasteiger partial charge on any atom is -0.466 e. The van der Waals surface area contributed by atoms with Gasteiger partial charge in [-0.25, -0.2) is 0 Å². The van der Waals surface area contributed by atoms with Gasteiger partial charge in [-0.15, -0.1) is 0 Å². The van der Waals surface area contributed by atoms with Gasteiger partial charge in [0, 0.05) is 13.5 Å². The summed E-state index contributed by atoms with van der Waals surface area (Å²) in [6.45, 7) is 5.73. The molecule has 0 unspecified atom stereocenters. The molecule has 1 aromatic rings. The number of hydrogen-bond donors (Lipinski definition) is 1. The lowest BCUT2D eigenvalue weighted by Crippen LogP contribution is -2.16. The summed E-state index contributed by atoms with van der Waals surface area (Å²) >= 11 is 0. The van der Waals surface area contributed by atoms with Crippen molar-refractivity contribution in [3.05, 3.63) is 35.4 Å². The summed E-state index contributed by atoms with van der Waals surface area (Å²) in [5, 5.41) is 3.30. The molecule has 0 aliphatic rings. The average Bonchev–Trinajstić information content (AvgIpc) is 2.25. The molecule has 0 atom stereocenters. The fourth-order valence-electron chi connectivity index (χ4n) is 1.35. The van der Waals surface area contributed by atoms with Gasteiger partial charge < -0.3 is 10.1 Å². The maximum absolute atomic E-state index is 10.5. The summed E-state index contributed by atoms with van der Waals surface area (Å²) in [5.74, 6) is -0.210. The van der Waals surface area contributed by atoms with Crippen LogP contribution in [0.1, 0.15) is 24.5 Å². The van der Waals surface area contributed by atoms with E-state index in [2.05, 4.69) is 36.5 Å². The van der Waals surface area contributed by atoms with Crippen LogP contribution in [0.15, 0.2) is 24.3 Å². The fourth-order valence-corrected chi connectivity index (χ4v) is 1.35. The lowest BCUT2D eigenvalue weighted by Gasteiger charge is -2.05. The van der Waals surface area contributed by atoms with Crippen molar-refractivity contribution in [2.45, 2.75) is 26.8 Å². The monoisotopic (exact) mass is 221 g/mol. The second-order valence-electron chi connectivity index (χ2n) is 3.86. The molecule has 88 valence electrons. The molecule has 0 aliphatic carbocycles. The molecule has 0 fully saturated rings. The highest BCUT2D eigenvalue weighted by molar-refractivity contribution is 5.65. The molecule has 0 aliphatic heterocycles. The topological polar surface area (TPSA) is 38.3 Å². The number of carbonyl (C=O) groups excluding carboxylic acids is 1. The summed E-state index contributed by atoms with van der Waals surface area (Å²) in [4.78, 5) is 10.5. The molecule has 0 saturated heterocycles. The number of aryl methyl sites for hydroxylation is 1. The quantitative estimate of drug-likeness (QED) is 0.590. The Bertz CT molecular complexity index is 319. The third-order valence-electron chi connectivity index (χ3n) is 2.25. The van der Waals surface area contributed by atoms with Gasteiger partial charge in [0.15, 0.2) is 0 Å². The molecule has 1 N–H and O–H groups in total. The number of nitrogens with one attached hydrogen (secondary N) is 1. The number of esters is 1. The van der Waals surface area contributed by atoms with Gasteiger partial charge in [-0.3, -0.25) is 4.79 Å². The van der Waals surface area contributed by atoms with Crippen molar-refractivity contribution in [1.82, 2.24) is 5.32 Å². The largest absolute Gasteiger partial charge is 0.466 e. The van der Waals surface area contributed by atoms with Gasteiger partial charge in [-0.2, -0.15) is 0 Å². The highest BCUT2D eigenvalue weighted by Crippen LogP contribution is 2.02. The molecular formula is C13H19NO2. The number of carbonyl (C=O) groups is 1. The second-order valence-corrected chi connectivity index (χ2v) is 3.86. The number of ether oxygens (including phenoxy) is 1. The van der Waals surface area contributed by atoms with Crippen molar-refractivity contribution in [3.63, 3.8) is 0 Å². The van der Waals surface area contributed by atoms with Crippen LogP contribution in [0.4, 0.5) is 0 Å². The van der Waals surface area contributed by atoms with Gasteiger partial charge in [0.1, 0.15) is 0 Å². The first-order valence-corrected chi connectivity index (χ1v) is 5.58. The summed E-state index contributed by atoms with van der Waals surface area (Å²) < 4.78 is 4.83. The molecule has 0 aromatic heterocycles. The van der Waals surface area contributed by atoms with E-state index >= 15 is 0 Å². The predicted molar refractivity (Wildman–Crippen MR) is 64.1 cm³/mol. The van der Waals surface area contributed by atoms with Crippen LogP contribution in [0.5, 0.6) is 0 Å². The third-order valence-corrected chi connectivity index (χ3v) is 2.25. The first kappa shape index (κ1) is 12.7. The van der Waals surface area contributed by atoms with Crippen LogP contribution in [0, 0.1) is 6.92 Å². The third kappa shape index (κ3) is 5.51. The Kier molecular flexibility index (Phi) is 5.57. The van der Waals surface area contributed by atoms with Gasteiger partial charge in [0.25, 0.3) is 0 Å². The zero-order valence-electron chi connectivity index (χ0n) is 9.95. The molecule has 0 heterocycles. The number of hydrogen-bond acceptors (Lipinski definition) is 3. The van der Waals surface area contributed by atoms with Crippen LogP contribution >= 0.6 is 0 Å². The van der Waals surface area contributed by atoms with Gasteiger partial charge in [0.2, 0.25) is 0 Å². The van der Waals surface area contributed by atoms with E-state index in [1.165, 1.54) is 18.1 Å². The van der Waals surface area contributed by atoms with E-state index in [0.29, 0.717) is 6.61 Å². The van der Waals surface area contributed by atoms with Crippen molar-refractivity contribution >= 4 is 5.97 Å². The summed E-state index contributed by atoms with van der Waals surface area (Å²) in [7, 11) is 0. The molecule has 0 spiro atoms. The molecule has 0 amide bonds. The van der Waals surface area contributed by atoms with Crippen LogP contribution in [-0.4, -0.2) is 19.1 Å². The standard InChI is InChI=1S/C13H19NO2/c1-11-4-6-13(7-5-11)10-14-8-3-9-16-12(2)15/h4-7,14H,3,8-10H2,1-2H3. The maximum Gasteiger partial charge on any atom is 0.302 e. The molecule has 0 bridgehead atoms. The minimum absolute atomic E-state index is 0.210. The molecule has 3 heteroatoms. The van der Waals surface area contributed by atoms with Crippen LogP contribution < -0.4 is 5.32 Å². The van der Waals surface area contributed by atoms with Crippen molar-refractivity contribution in [1.29, 1.82) is 0 Å². The zero-order valence-corrected chi connectivity index (χ0v) is 9.95. The lowest BCUT2D eigenvalue weighted by atomic mass is 10.1. The lowest BCUT2D eigenvalue weighted by molar-refractivity contribution is -0.141. The van der Waals surface area contributed by atoms with Crippen LogP contribution in [0.25, 0.3) is 0 Å². The highest BCUT2D eigenvalue weighted by Gasteiger charge is 1.94. The molecule has 0 saturated carbocycles. The predicted octanol–water partition coefficient (Wildman–Crippen LogP) is 2.04. The van der Waals surface area contributed by atoms with E-state index in [-0.39, 0.29) is 5.97 Å². The normalized spacial score (nSPS) is 10.1. The zero-order chi connectivity index (χ0) is 11.8. The van der Waals surface area contributed by atoms with E-state index < -0.39 is 0 Å². The van der Waals surface area contributed by atoms with Crippen LogP contribution in [0.2, 0.25) is 0 Å². The Morgan fingerprint density at radius 3 is 2.62 bits per heavy atom. The Morgan fingerprint density at radius 1 is 1.31 bits per heavy atom. The molecular weight excluding hydrogens is 202 g/mol. The van der Waals surface area contributed by atoms with Crippen molar-refractivity contribution < 1.29 is 9.53 Å². The molecule has 0 radical (unpaired) electrons.